The van der Waals surface area contributed by atoms with Crippen molar-refractivity contribution in [3.05, 3.63) is 35.4 Å². The van der Waals surface area contributed by atoms with Gasteiger partial charge in [0.25, 0.3) is 0 Å². The van der Waals surface area contributed by atoms with Crippen LogP contribution in [0.1, 0.15) is 42.7 Å². The van der Waals surface area contributed by atoms with E-state index in [1.54, 1.807) is 0 Å². The highest BCUT2D eigenvalue weighted by atomic mass is 15.1. The molecule has 1 N–H and O–H groups in total. The van der Waals surface area contributed by atoms with E-state index in [1.165, 1.54) is 49.9 Å². The maximum Gasteiger partial charge on any atom is 0.0208 e. The molecular weight excluding hydrogens is 220 g/mol. The molecule has 2 fully saturated rings. The van der Waals surface area contributed by atoms with Crippen LogP contribution in [-0.4, -0.2) is 31.1 Å². The van der Waals surface area contributed by atoms with Crippen LogP contribution in [0.3, 0.4) is 0 Å². The molecule has 0 spiro atoms. The summed E-state index contributed by atoms with van der Waals surface area (Å²) < 4.78 is 0. The van der Waals surface area contributed by atoms with E-state index in [2.05, 4.69) is 41.5 Å². The number of likely N-dealkylation sites (N-methyl/N-ethyl adjacent to an activating group) is 1. The van der Waals surface area contributed by atoms with Crippen molar-refractivity contribution in [1.82, 2.24) is 10.2 Å². The summed E-state index contributed by atoms with van der Waals surface area (Å²) in [6.07, 6.45) is 5.43. The molecule has 1 aliphatic carbocycles. The molecule has 98 valence electrons. The van der Waals surface area contributed by atoms with Crippen LogP contribution in [0.25, 0.3) is 0 Å². The Morgan fingerprint density at radius 1 is 1.17 bits per heavy atom. The second-order valence-electron chi connectivity index (χ2n) is 6.00. The van der Waals surface area contributed by atoms with Crippen LogP contribution in [-0.2, 0) is 6.54 Å². The first-order chi connectivity index (χ1) is 8.81. The minimum atomic E-state index is 0.745. The summed E-state index contributed by atoms with van der Waals surface area (Å²) in [4.78, 5) is 2.46. The van der Waals surface area contributed by atoms with E-state index in [9.17, 15) is 0 Å². The molecule has 0 bridgehead atoms. The first-order valence-corrected chi connectivity index (χ1v) is 7.32. The number of nitrogens with zero attached hydrogens (tertiary/aromatic N) is 1. The minimum absolute atomic E-state index is 0.745. The van der Waals surface area contributed by atoms with E-state index >= 15 is 0 Å². The molecule has 1 unspecified atom stereocenters. The van der Waals surface area contributed by atoms with E-state index in [0.29, 0.717) is 0 Å². The summed E-state index contributed by atoms with van der Waals surface area (Å²) in [5.74, 6) is 0.745. The zero-order valence-electron chi connectivity index (χ0n) is 11.4. The lowest BCUT2D eigenvalue weighted by atomic mass is 9.90. The highest BCUT2D eigenvalue weighted by Crippen LogP contribution is 2.26. The average molecular weight is 244 g/mol. The molecule has 1 saturated heterocycles. The molecule has 1 heterocycles. The molecule has 2 nitrogen and oxygen atoms in total. The van der Waals surface area contributed by atoms with Gasteiger partial charge in [0, 0.05) is 19.1 Å². The van der Waals surface area contributed by atoms with E-state index in [-0.39, 0.29) is 0 Å². The van der Waals surface area contributed by atoms with Crippen LogP contribution in [0.15, 0.2) is 24.3 Å². The van der Waals surface area contributed by atoms with Gasteiger partial charge < -0.3 is 10.2 Å². The van der Waals surface area contributed by atoms with Gasteiger partial charge in [0.05, 0.1) is 0 Å². The number of likely N-dealkylation sites (tertiary alicyclic amines) is 1. The van der Waals surface area contributed by atoms with Gasteiger partial charge in [-0.2, -0.15) is 0 Å². The van der Waals surface area contributed by atoms with E-state index in [1.807, 2.05) is 0 Å². The molecule has 0 amide bonds. The molecule has 3 rings (SSSR count). The van der Waals surface area contributed by atoms with Gasteiger partial charge in [-0.25, -0.2) is 0 Å². The molecule has 1 saturated carbocycles. The lowest BCUT2D eigenvalue weighted by Crippen LogP contribution is -2.30. The van der Waals surface area contributed by atoms with Crippen molar-refractivity contribution < 1.29 is 0 Å². The zero-order chi connectivity index (χ0) is 12.4. The van der Waals surface area contributed by atoms with Crippen molar-refractivity contribution in [2.75, 3.05) is 20.1 Å². The van der Waals surface area contributed by atoms with Crippen LogP contribution in [0.2, 0.25) is 0 Å². The van der Waals surface area contributed by atoms with Gasteiger partial charge in [0.1, 0.15) is 0 Å². The molecule has 1 aliphatic heterocycles. The maximum atomic E-state index is 3.57. The molecule has 18 heavy (non-hydrogen) atoms. The number of nitrogens with one attached hydrogen (secondary N) is 1. The molecule has 0 aromatic heterocycles. The fourth-order valence-electron chi connectivity index (χ4n) is 2.90. The minimum Gasteiger partial charge on any atom is -0.310 e. The summed E-state index contributed by atoms with van der Waals surface area (Å²) in [7, 11) is 2.24. The Morgan fingerprint density at radius 2 is 1.94 bits per heavy atom. The van der Waals surface area contributed by atoms with E-state index < -0.39 is 0 Å². The van der Waals surface area contributed by atoms with Gasteiger partial charge in [-0.15, -0.1) is 0 Å². The van der Waals surface area contributed by atoms with E-state index in [4.69, 9.17) is 0 Å². The Morgan fingerprint density at radius 3 is 2.61 bits per heavy atom. The molecule has 1 aromatic carbocycles. The third kappa shape index (κ3) is 3.12. The van der Waals surface area contributed by atoms with Crippen molar-refractivity contribution in [1.29, 1.82) is 0 Å². The second-order valence-corrected chi connectivity index (χ2v) is 6.00. The van der Waals surface area contributed by atoms with Crippen LogP contribution in [0.4, 0.5) is 0 Å². The first kappa shape index (κ1) is 12.2. The lowest BCUT2D eigenvalue weighted by molar-refractivity contribution is 0.251. The normalized spacial score (nSPS) is 25.3. The van der Waals surface area contributed by atoms with Gasteiger partial charge in [-0.05, 0) is 56.3 Å². The number of piperidine rings is 1. The number of hydrogen-bond acceptors (Lipinski definition) is 2. The quantitative estimate of drug-likeness (QED) is 0.876. The summed E-state index contributed by atoms with van der Waals surface area (Å²) >= 11 is 0. The summed E-state index contributed by atoms with van der Waals surface area (Å²) in [6, 6.07) is 10.1. The smallest absolute Gasteiger partial charge is 0.0208 e. The van der Waals surface area contributed by atoms with Crippen LogP contribution in [0.5, 0.6) is 0 Å². The number of benzene rings is 1. The predicted molar refractivity (Wildman–Crippen MR) is 75.8 cm³/mol. The lowest BCUT2D eigenvalue weighted by Gasteiger charge is -2.30. The van der Waals surface area contributed by atoms with Crippen molar-refractivity contribution in [3.8, 4) is 0 Å². The predicted octanol–water partition coefficient (Wildman–Crippen LogP) is 2.75. The van der Waals surface area contributed by atoms with Gasteiger partial charge in [-0.1, -0.05) is 24.3 Å². The van der Waals surface area contributed by atoms with Gasteiger partial charge >= 0.3 is 0 Å². The van der Waals surface area contributed by atoms with Gasteiger partial charge in [0.2, 0.25) is 0 Å². The standard InChI is InChI=1S/C16H24N2/c1-18-10-2-3-15(12-18)14-6-4-13(5-7-14)11-17-16-8-9-16/h4-7,15-17H,2-3,8-12H2,1H3. The van der Waals surface area contributed by atoms with Gasteiger partial charge in [-0.3, -0.25) is 0 Å². The first-order valence-electron chi connectivity index (χ1n) is 7.32. The Bertz CT molecular complexity index is 381. The Balaban J connectivity index is 1.58. The van der Waals surface area contributed by atoms with Crippen LogP contribution < -0.4 is 5.32 Å². The molecule has 2 aliphatic rings. The van der Waals surface area contributed by atoms with Crippen molar-refractivity contribution in [3.63, 3.8) is 0 Å². The topological polar surface area (TPSA) is 15.3 Å². The fraction of sp³-hybridized carbons (Fsp3) is 0.625. The third-order valence-corrected chi connectivity index (χ3v) is 4.25. The zero-order valence-corrected chi connectivity index (χ0v) is 11.4. The van der Waals surface area contributed by atoms with Gasteiger partial charge in [0.15, 0.2) is 0 Å². The summed E-state index contributed by atoms with van der Waals surface area (Å²) in [5.41, 5.74) is 2.95. The highest BCUT2D eigenvalue weighted by molar-refractivity contribution is 5.26. The van der Waals surface area contributed by atoms with E-state index in [0.717, 1.165) is 18.5 Å². The van der Waals surface area contributed by atoms with Crippen LogP contribution in [0, 0.1) is 0 Å². The number of hydrogen-bond donors (Lipinski definition) is 1. The molecule has 1 atom stereocenters. The van der Waals surface area contributed by atoms with Crippen LogP contribution >= 0.6 is 0 Å². The maximum absolute atomic E-state index is 3.57. The monoisotopic (exact) mass is 244 g/mol. The number of rotatable bonds is 4. The summed E-state index contributed by atoms with van der Waals surface area (Å²) in [5, 5.41) is 3.57. The largest absolute Gasteiger partial charge is 0.310 e. The SMILES string of the molecule is CN1CCCC(c2ccc(CNC3CC3)cc2)C1. The fourth-order valence-corrected chi connectivity index (χ4v) is 2.90. The summed E-state index contributed by atoms with van der Waals surface area (Å²) in [6.45, 7) is 3.52. The third-order valence-electron chi connectivity index (χ3n) is 4.25. The molecule has 0 radical (unpaired) electrons. The Hall–Kier alpha value is -0.860. The Kier molecular flexibility index (Phi) is 3.67. The second kappa shape index (κ2) is 5.41. The molecular formula is C16H24N2. The van der Waals surface area contributed by atoms with Crippen molar-refractivity contribution in [2.45, 2.75) is 44.2 Å². The molecule has 2 heteroatoms. The Labute approximate surface area is 110 Å². The van der Waals surface area contributed by atoms with Crippen molar-refractivity contribution in [2.24, 2.45) is 0 Å². The average Bonchev–Trinajstić information content (AvgIpc) is 3.21. The highest BCUT2D eigenvalue weighted by Gasteiger charge is 2.20. The van der Waals surface area contributed by atoms with Crippen molar-refractivity contribution >= 4 is 0 Å². The molecule has 1 aromatic rings.